The molecule has 0 radical (unpaired) electrons. The monoisotopic (exact) mass is 278 g/mol. The molecule has 0 aromatic rings. The number of methoxy groups -OCH3 is 1. The molecule has 0 saturated heterocycles. The second kappa shape index (κ2) is 7.86. The van der Waals surface area contributed by atoms with Crippen molar-refractivity contribution >= 4 is 16.7 Å². The number of carbonyl (C=O) groups excluding carboxylic acids is 1. The highest BCUT2D eigenvalue weighted by Crippen LogP contribution is 2.14. The molecule has 0 fully saturated rings. The smallest absolute Gasteiger partial charge is 0.232 e. The minimum absolute atomic E-state index is 0.0379. The van der Waals surface area contributed by atoms with Crippen LogP contribution in [0.3, 0.4) is 0 Å². The largest absolute Gasteiger partial charge is 0.377 e. The summed E-state index contributed by atoms with van der Waals surface area (Å²) in [5, 5.41) is 5.82. The van der Waals surface area contributed by atoms with Crippen LogP contribution in [0.4, 0.5) is 0 Å². The lowest BCUT2D eigenvalue weighted by molar-refractivity contribution is -0.119. The van der Waals surface area contributed by atoms with Crippen LogP contribution in [0.2, 0.25) is 0 Å². The predicted molar refractivity (Wildman–Crippen MR) is 75.1 cm³/mol. The fourth-order valence-corrected chi connectivity index (χ4v) is 2.96. The molecule has 6 heteroatoms. The number of hydrogen-bond acceptors (Lipinski definition) is 4. The van der Waals surface area contributed by atoms with Crippen LogP contribution < -0.4 is 10.6 Å². The lowest BCUT2D eigenvalue weighted by Crippen LogP contribution is -2.50. The van der Waals surface area contributed by atoms with Gasteiger partial charge in [0, 0.05) is 35.7 Å². The summed E-state index contributed by atoms with van der Waals surface area (Å²) in [6, 6.07) is 0.0141. The normalized spacial score (nSPS) is 15.5. The Morgan fingerprint density at radius 2 is 1.94 bits per heavy atom. The van der Waals surface area contributed by atoms with Crippen LogP contribution in [-0.2, 0) is 20.3 Å². The Balaban J connectivity index is 4.33. The first kappa shape index (κ1) is 17.5. The Morgan fingerprint density at radius 3 is 2.33 bits per heavy atom. The summed E-state index contributed by atoms with van der Waals surface area (Å²) in [5.74, 6) is 0.257. The number of amides is 1. The Bertz CT molecular complexity index is 293. The molecule has 0 bridgehead atoms. The fourth-order valence-electron chi connectivity index (χ4n) is 1.53. The Morgan fingerprint density at radius 1 is 1.39 bits per heavy atom. The van der Waals surface area contributed by atoms with Crippen molar-refractivity contribution in [3.05, 3.63) is 0 Å². The number of nitrogens with one attached hydrogen (secondary N) is 2. The van der Waals surface area contributed by atoms with Crippen LogP contribution in [0.15, 0.2) is 0 Å². The Hall–Kier alpha value is -0.460. The molecule has 108 valence electrons. The van der Waals surface area contributed by atoms with Gasteiger partial charge in [-0.3, -0.25) is 9.00 Å². The Kier molecular flexibility index (Phi) is 7.66. The van der Waals surface area contributed by atoms with Gasteiger partial charge in [-0.1, -0.05) is 0 Å². The SMILES string of the molecule is CNC(CS(=O)CC(=O)NC(C)C)C(C)(C)OC. The van der Waals surface area contributed by atoms with Gasteiger partial charge in [0.2, 0.25) is 5.91 Å². The molecular weight excluding hydrogens is 252 g/mol. The second-order valence-electron chi connectivity index (χ2n) is 5.12. The number of hydrogen-bond donors (Lipinski definition) is 2. The zero-order chi connectivity index (χ0) is 14.3. The number of ether oxygens (including phenoxy) is 1. The van der Waals surface area contributed by atoms with E-state index in [1.807, 2.05) is 27.7 Å². The van der Waals surface area contributed by atoms with Crippen molar-refractivity contribution < 1.29 is 13.7 Å². The van der Waals surface area contributed by atoms with Gasteiger partial charge in [0.15, 0.2) is 0 Å². The van der Waals surface area contributed by atoms with E-state index in [1.165, 1.54) is 0 Å². The third-order valence-corrected chi connectivity index (χ3v) is 4.10. The summed E-state index contributed by atoms with van der Waals surface area (Å²) < 4.78 is 17.3. The maximum Gasteiger partial charge on any atom is 0.232 e. The summed E-state index contributed by atoms with van der Waals surface area (Å²) >= 11 is 0. The molecule has 0 rings (SSSR count). The van der Waals surface area contributed by atoms with Crippen molar-refractivity contribution in [1.29, 1.82) is 0 Å². The third kappa shape index (κ3) is 6.47. The minimum Gasteiger partial charge on any atom is -0.377 e. The van der Waals surface area contributed by atoms with Gasteiger partial charge in [0.1, 0.15) is 5.75 Å². The maximum atomic E-state index is 11.9. The molecule has 0 aromatic heterocycles. The van der Waals surface area contributed by atoms with Crippen LogP contribution in [-0.4, -0.2) is 53.5 Å². The van der Waals surface area contributed by atoms with E-state index in [0.29, 0.717) is 5.75 Å². The molecule has 0 aliphatic heterocycles. The number of carbonyl (C=O) groups is 1. The first-order valence-corrected chi connectivity index (χ1v) is 7.58. The molecule has 0 heterocycles. The van der Waals surface area contributed by atoms with Gasteiger partial charge in [-0.2, -0.15) is 0 Å². The van der Waals surface area contributed by atoms with Crippen molar-refractivity contribution in [1.82, 2.24) is 10.6 Å². The van der Waals surface area contributed by atoms with Crippen LogP contribution in [0.5, 0.6) is 0 Å². The molecule has 2 unspecified atom stereocenters. The first-order chi connectivity index (χ1) is 8.22. The summed E-state index contributed by atoms with van der Waals surface area (Å²) in [7, 11) is 2.23. The van der Waals surface area contributed by atoms with E-state index >= 15 is 0 Å². The van der Waals surface area contributed by atoms with E-state index in [0.717, 1.165) is 0 Å². The number of rotatable bonds is 8. The quantitative estimate of drug-likeness (QED) is 0.669. The minimum atomic E-state index is -1.20. The van der Waals surface area contributed by atoms with Crippen LogP contribution in [0, 0.1) is 0 Å². The topological polar surface area (TPSA) is 67.4 Å². The highest BCUT2D eigenvalue weighted by molar-refractivity contribution is 7.85. The average Bonchev–Trinajstić information content (AvgIpc) is 2.24. The fraction of sp³-hybridized carbons (Fsp3) is 0.917. The first-order valence-electron chi connectivity index (χ1n) is 6.09. The lowest BCUT2D eigenvalue weighted by Gasteiger charge is -2.32. The van der Waals surface area contributed by atoms with E-state index in [1.54, 1.807) is 14.2 Å². The van der Waals surface area contributed by atoms with Gasteiger partial charge in [-0.05, 0) is 34.7 Å². The summed E-state index contributed by atoms with van der Waals surface area (Å²) in [5.41, 5.74) is -0.418. The zero-order valence-electron chi connectivity index (χ0n) is 12.2. The van der Waals surface area contributed by atoms with Gasteiger partial charge in [-0.25, -0.2) is 0 Å². The molecular formula is C12H26N2O3S. The van der Waals surface area contributed by atoms with Crippen LogP contribution in [0.25, 0.3) is 0 Å². The van der Waals surface area contributed by atoms with Gasteiger partial charge >= 0.3 is 0 Å². The van der Waals surface area contributed by atoms with E-state index in [4.69, 9.17) is 4.74 Å². The summed E-state index contributed by atoms with van der Waals surface area (Å²) in [6.07, 6.45) is 0. The highest BCUT2D eigenvalue weighted by atomic mass is 32.2. The van der Waals surface area contributed by atoms with E-state index in [2.05, 4.69) is 10.6 Å². The molecule has 0 aliphatic rings. The third-order valence-electron chi connectivity index (χ3n) is 2.81. The molecule has 1 amide bonds. The van der Waals surface area contributed by atoms with Gasteiger partial charge in [0.25, 0.3) is 0 Å². The molecule has 0 aliphatic carbocycles. The van der Waals surface area contributed by atoms with Crippen molar-refractivity contribution in [2.45, 2.75) is 45.4 Å². The highest BCUT2D eigenvalue weighted by Gasteiger charge is 2.29. The zero-order valence-corrected chi connectivity index (χ0v) is 13.0. The molecule has 0 aromatic carbocycles. The maximum absolute atomic E-state index is 11.9. The molecule has 2 N–H and O–H groups in total. The molecule has 5 nitrogen and oxygen atoms in total. The van der Waals surface area contributed by atoms with Crippen LogP contribution in [0.1, 0.15) is 27.7 Å². The van der Waals surface area contributed by atoms with Crippen molar-refractivity contribution in [2.24, 2.45) is 0 Å². The van der Waals surface area contributed by atoms with Crippen molar-refractivity contribution in [2.75, 3.05) is 25.7 Å². The van der Waals surface area contributed by atoms with E-state index in [-0.39, 0.29) is 23.7 Å². The van der Waals surface area contributed by atoms with Gasteiger partial charge < -0.3 is 15.4 Å². The van der Waals surface area contributed by atoms with E-state index < -0.39 is 16.4 Å². The van der Waals surface area contributed by atoms with E-state index in [9.17, 15) is 9.00 Å². The summed E-state index contributed by atoms with van der Waals surface area (Å²) in [4.78, 5) is 11.5. The van der Waals surface area contributed by atoms with Crippen LogP contribution >= 0.6 is 0 Å². The molecule has 0 spiro atoms. The van der Waals surface area contributed by atoms with Crippen molar-refractivity contribution in [3.8, 4) is 0 Å². The molecule has 2 atom stereocenters. The molecule has 0 saturated carbocycles. The molecule has 18 heavy (non-hydrogen) atoms. The van der Waals surface area contributed by atoms with Gasteiger partial charge in [0.05, 0.1) is 5.60 Å². The predicted octanol–water partition coefficient (Wildman–Crippen LogP) is 0.273. The lowest BCUT2D eigenvalue weighted by atomic mass is 10.0. The number of likely N-dealkylation sites (N-methyl/N-ethyl adjacent to an activating group) is 1. The average molecular weight is 278 g/mol. The summed E-state index contributed by atoms with van der Waals surface area (Å²) in [6.45, 7) is 7.62. The second-order valence-corrected chi connectivity index (χ2v) is 6.62. The van der Waals surface area contributed by atoms with Gasteiger partial charge in [-0.15, -0.1) is 0 Å². The standard InChI is InChI=1S/C12H26N2O3S/c1-9(2)14-11(15)8-18(16)7-10(13-5)12(3,4)17-6/h9-10,13H,7-8H2,1-6H3,(H,14,15). The Labute approximate surface area is 113 Å². The van der Waals surface area contributed by atoms with Crippen molar-refractivity contribution in [3.63, 3.8) is 0 Å².